The number of nitrogens with one attached hydrogen (secondary N) is 1. The highest BCUT2D eigenvalue weighted by molar-refractivity contribution is 6.15. The molecule has 0 aromatic carbocycles. The Labute approximate surface area is 117 Å². The predicted molar refractivity (Wildman–Crippen MR) is 77.4 cm³/mol. The molecule has 1 aliphatic rings. The lowest BCUT2D eigenvalue weighted by atomic mass is 10.1. The fraction of sp³-hybridized carbons (Fsp3) is 0.118. The number of carbonyl (C=O) groups excluding carboxylic acids is 1. The van der Waals surface area contributed by atoms with Gasteiger partial charge in [0, 0.05) is 35.7 Å². The SMILES string of the molecule is O=C1C(=Cc2ccncc2)CCC1=Cc1cc[nH+]cc1. The van der Waals surface area contributed by atoms with Crippen molar-refractivity contribution in [3.63, 3.8) is 0 Å². The number of hydrogen-bond acceptors (Lipinski definition) is 2. The molecule has 0 radical (unpaired) electrons. The molecule has 0 bridgehead atoms. The molecule has 20 heavy (non-hydrogen) atoms. The van der Waals surface area contributed by atoms with Crippen molar-refractivity contribution in [2.75, 3.05) is 0 Å². The van der Waals surface area contributed by atoms with Crippen LogP contribution in [0.5, 0.6) is 0 Å². The number of aromatic amines is 1. The van der Waals surface area contributed by atoms with Gasteiger partial charge in [0.25, 0.3) is 0 Å². The van der Waals surface area contributed by atoms with Crippen LogP contribution in [0, 0.1) is 0 Å². The van der Waals surface area contributed by atoms with Crippen LogP contribution >= 0.6 is 0 Å². The number of ketones is 1. The van der Waals surface area contributed by atoms with Crippen LogP contribution in [0.15, 0.2) is 60.2 Å². The minimum Gasteiger partial charge on any atom is -0.289 e. The Bertz CT molecular complexity index is 613. The molecule has 98 valence electrons. The van der Waals surface area contributed by atoms with Gasteiger partial charge >= 0.3 is 0 Å². The minimum atomic E-state index is 0.162. The highest BCUT2D eigenvalue weighted by Crippen LogP contribution is 2.29. The first-order valence-electron chi connectivity index (χ1n) is 6.65. The van der Waals surface area contributed by atoms with Gasteiger partial charge in [0.1, 0.15) is 0 Å². The molecule has 3 nitrogen and oxygen atoms in total. The van der Waals surface area contributed by atoms with Gasteiger partial charge in [-0.2, -0.15) is 0 Å². The van der Waals surface area contributed by atoms with Gasteiger partial charge in [-0.25, -0.2) is 4.98 Å². The minimum absolute atomic E-state index is 0.162. The zero-order chi connectivity index (χ0) is 13.8. The Morgan fingerprint density at radius 3 is 2.05 bits per heavy atom. The van der Waals surface area contributed by atoms with Crippen LogP contribution in [0.25, 0.3) is 12.2 Å². The Morgan fingerprint density at radius 1 is 0.900 bits per heavy atom. The number of rotatable bonds is 2. The monoisotopic (exact) mass is 263 g/mol. The van der Waals surface area contributed by atoms with Crippen molar-refractivity contribution >= 4 is 17.9 Å². The van der Waals surface area contributed by atoms with Crippen molar-refractivity contribution in [2.45, 2.75) is 12.8 Å². The van der Waals surface area contributed by atoms with E-state index in [1.54, 1.807) is 12.4 Å². The van der Waals surface area contributed by atoms with E-state index in [9.17, 15) is 4.79 Å². The Balaban J connectivity index is 1.85. The second kappa shape index (κ2) is 5.61. The molecule has 0 atom stereocenters. The van der Waals surface area contributed by atoms with E-state index < -0.39 is 0 Å². The van der Waals surface area contributed by atoms with Crippen molar-refractivity contribution in [3.8, 4) is 0 Å². The van der Waals surface area contributed by atoms with Crippen LogP contribution in [0.3, 0.4) is 0 Å². The highest BCUT2D eigenvalue weighted by atomic mass is 16.1. The lowest BCUT2D eigenvalue weighted by Gasteiger charge is -1.96. The lowest BCUT2D eigenvalue weighted by Crippen LogP contribution is -1.98. The molecule has 1 N–H and O–H groups in total. The summed E-state index contributed by atoms with van der Waals surface area (Å²) in [4.78, 5) is 19.3. The van der Waals surface area contributed by atoms with Crippen LogP contribution in [0.1, 0.15) is 24.0 Å². The maximum Gasteiger partial charge on any atom is 0.185 e. The molecule has 0 aliphatic heterocycles. The van der Waals surface area contributed by atoms with Crippen molar-refractivity contribution in [2.24, 2.45) is 0 Å². The topological polar surface area (TPSA) is 44.1 Å². The number of aromatic nitrogens is 2. The standard InChI is InChI=1S/C17H14N2O/c20-17-15(11-13-3-7-18-8-4-13)1-2-16(17)12-14-5-9-19-10-6-14/h3-12H,1-2H2/p+1. The van der Waals surface area contributed by atoms with Gasteiger partial charge in [0.05, 0.1) is 0 Å². The zero-order valence-electron chi connectivity index (χ0n) is 11.0. The van der Waals surface area contributed by atoms with Crippen molar-refractivity contribution in [3.05, 3.63) is 71.3 Å². The summed E-state index contributed by atoms with van der Waals surface area (Å²) in [6.07, 6.45) is 12.8. The summed E-state index contributed by atoms with van der Waals surface area (Å²) in [6.45, 7) is 0. The normalized spacial score (nSPS) is 18.9. The van der Waals surface area contributed by atoms with Gasteiger partial charge in [-0.3, -0.25) is 9.78 Å². The second-order valence-electron chi connectivity index (χ2n) is 4.78. The summed E-state index contributed by atoms with van der Waals surface area (Å²) >= 11 is 0. The first kappa shape index (κ1) is 12.5. The zero-order valence-corrected chi connectivity index (χ0v) is 11.0. The van der Waals surface area contributed by atoms with E-state index in [0.717, 1.165) is 35.1 Å². The summed E-state index contributed by atoms with van der Waals surface area (Å²) in [5.41, 5.74) is 3.85. The molecule has 0 saturated heterocycles. The van der Waals surface area contributed by atoms with E-state index in [1.165, 1.54) is 0 Å². The van der Waals surface area contributed by atoms with Gasteiger partial charge in [0.2, 0.25) is 0 Å². The van der Waals surface area contributed by atoms with Crippen LogP contribution in [-0.4, -0.2) is 10.8 Å². The van der Waals surface area contributed by atoms with E-state index >= 15 is 0 Å². The van der Waals surface area contributed by atoms with Crippen LogP contribution in [0.4, 0.5) is 0 Å². The fourth-order valence-electron chi connectivity index (χ4n) is 2.34. The van der Waals surface area contributed by atoms with Gasteiger partial charge in [-0.05, 0) is 48.3 Å². The molecule has 1 saturated carbocycles. The molecule has 2 aromatic heterocycles. The Kier molecular flexibility index (Phi) is 3.50. The molecule has 0 amide bonds. The van der Waals surface area contributed by atoms with Crippen molar-refractivity contribution < 1.29 is 9.78 Å². The van der Waals surface area contributed by atoms with Crippen LogP contribution in [0.2, 0.25) is 0 Å². The molecule has 2 heterocycles. The summed E-state index contributed by atoms with van der Waals surface area (Å²) in [6, 6.07) is 7.75. The van der Waals surface area contributed by atoms with E-state index in [2.05, 4.69) is 9.97 Å². The molecule has 0 spiro atoms. The summed E-state index contributed by atoms with van der Waals surface area (Å²) < 4.78 is 0. The van der Waals surface area contributed by atoms with Gasteiger partial charge in [-0.1, -0.05) is 0 Å². The van der Waals surface area contributed by atoms with Crippen LogP contribution in [-0.2, 0) is 4.79 Å². The summed E-state index contributed by atoms with van der Waals surface area (Å²) in [5, 5.41) is 0. The quantitative estimate of drug-likeness (QED) is 0.782. The van der Waals surface area contributed by atoms with Crippen molar-refractivity contribution in [1.82, 2.24) is 4.98 Å². The van der Waals surface area contributed by atoms with Crippen molar-refractivity contribution in [1.29, 1.82) is 0 Å². The molecule has 2 aromatic rings. The molecule has 0 unspecified atom stereocenters. The molecule has 1 fully saturated rings. The number of nitrogens with zero attached hydrogens (tertiary/aromatic N) is 1. The van der Waals surface area contributed by atoms with Gasteiger partial charge in [0.15, 0.2) is 18.2 Å². The molecule has 3 heteroatoms. The third kappa shape index (κ3) is 2.72. The van der Waals surface area contributed by atoms with Gasteiger partial charge < -0.3 is 0 Å². The average molecular weight is 263 g/mol. The molecule has 3 rings (SSSR count). The predicted octanol–water partition coefficient (Wildman–Crippen LogP) is 2.73. The summed E-state index contributed by atoms with van der Waals surface area (Å²) in [7, 11) is 0. The highest BCUT2D eigenvalue weighted by Gasteiger charge is 2.22. The Morgan fingerprint density at radius 2 is 1.45 bits per heavy atom. The second-order valence-corrected chi connectivity index (χ2v) is 4.78. The number of hydrogen-bond donors (Lipinski definition) is 0. The number of allylic oxidation sites excluding steroid dienone is 2. The summed E-state index contributed by atoms with van der Waals surface area (Å²) in [5.74, 6) is 0.162. The molecule has 1 aliphatic carbocycles. The third-order valence-corrected chi connectivity index (χ3v) is 3.38. The fourth-order valence-corrected chi connectivity index (χ4v) is 2.34. The number of H-pyrrole nitrogens is 1. The van der Waals surface area contributed by atoms with Gasteiger partial charge in [-0.15, -0.1) is 0 Å². The van der Waals surface area contributed by atoms with E-state index in [1.807, 2.05) is 48.8 Å². The van der Waals surface area contributed by atoms with E-state index in [4.69, 9.17) is 0 Å². The van der Waals surface area contributed by atoms with E-state index in [-0.39, 0.29) is 5.78 Å². The Hall–Kier alpha value is -2.55. The first-order valence-corrected chi connectivity index (χ1v) is 6.65. The first-order chi connectivity index (χ1) is 9.83. The lowest BCUT2D eigenvalue weighted by molar-refractivity contribution is -0.378. The maximum atomic E-state index is 12.4. The smallest absolute Gasteiger partial charge is 0.185 e. The maximum absolute atomic E-state index is 12.4. The number of carbonyl (C=O) groups is 1. The third-order valence-electron chi connectivity index (χ3n) is 3.38. The van der Waals surface area contributed by atoms with Crippen LogP contribution < -0.4 is 4.98 Å². The molecular formula is C17H15N2O+. The largest absolute Gasteiger partial charge is 0.289 e. The number of pyridine rings is 2. The number of Topliss-reactive ketones (excluding diaryl/α,β-unsaturated/α-hetero) is 1. The molecular weight excluding hydrogens is 248 g/mol. The average Bonchev–Trinajstić information content (AvgIpc) is 2.83. The van der Waals surface area contributed by atoms with E-state index in [0.29, 0.717) is 0 Å².